The molecule has 0 radical (unpaired) electrons. The van der Waals surface area contributed by atoms with E-state index in [0.29, 0.717) is 0 Å². The maximum absolute atomic E-state index is 12.7. The first-order valence-corrected chi connectivity index (χ1v) is 9.70. The molecule has 0 heterocycles. The summed E-state index contributed by atoms with van der Waals surface area (Å²) < 4.78 is 0. The van der Waals surface area contributed by atoms with Crippen LogP contribution in [0.2, 0.25) is 0 Å². The van der Waals surface area contributed by atoms with Gasteiger partial charge < -0.3 is 11.1 Å². The Morgan fingerprint density at radius 3 is 1.96 bits per heavy atom. The van der Waals surface area contributed by atoms with Gasteiger partial charge in [-0.15, -0.1) is 0 Å². The Balaban J connectivity index is 2.35. The van der Waals surface area contributed by atoms with Crippen LogP contribution in [0.4, 0.5) is 4.79 Å². The van der Waals surface area contributed by atoms with Crippen molar-refractivity contribution in [1.29, 1.82) is 0 Å². The molecule has 2 aromatic carbocycles. The van der Waals surface area contributed by atoms with Crippen LogP contribution >= 0.6 is 0 Å². The summed E-state index contributed by atoms with van der Waals surface area (Å²) in [5.41, 5.74) is 8.52. The van der Waals surface area contributed by atoms with Gasteiger partial charge in [-0.2, -0.15) is 0 Å². The predicted octanol–water partition coefficient (Wildman–Crippen LogP) is 3.18. The van der Waals surface area contributed by atoms with Gasteiger partial charge in [-0.05, 0) is 11.0 Å². The van der Waals surface area contributed by atoms with Gasteiger partial charge in [0.15, 0.2) is 6.04 Å². The lowest BCUT2D eigenvalue weighted by atomic mass is 9.85. The summed E-state index contributed by atoms with van der Waals surface area (Å²) in [7, 11) is 0. The molecule has 0 unspecified atom stereocenters. The number of hydrogen-bond donors (Lipinski definition) is 3. The van der Waals surface area contributed by atoms with E-state index in [0.717, 1.165) is 11.1 Å². The molecular weight excluding hydrogens is 350 g/mol. The van der Waals surface area contributed by atoms with E-state index in [4.69, 9.17) is 5.73 Å². The molecule has 2 atom stereocenters. The Bertz CT molecular complexity index is 793. The van der Waals surface area contributed by atoms with Crippen LogP contribution in [-0.2, 0) is 10.2 Å². The van der Waals surface area contributed by atoms with Crippen molar-refractivity contribution in [2.24, 2.45) is 11.7 Å². The smallest absolute Gasteiger partial charge is 0.319 e. The van der Waals surface area contributed by atoms with Gasteiger partial charge in [-0.25, -0.2) is 4.79 Å². The van der Waals surface area contributed by atoms with Gasteiger partial charge >= 0.3 is 6.03 Å². The second-order valence-electron chi connectivity index (χ2n) is 8.58. The lowest BCUT2D eigenvalue weighted by Crippen LogP contribution is -2.89. The highest BCUT2D eigenvalue weighted by Gasteiger charge is 2.31. The molecule has 28 heavy (non-hydrogen) atoms. The van der Waals surface area contributed by atoms with Gasteiger partial charge in [0.2, 0.25) is 0 Å². The van der Waals surface area contributed by atoms with E-state index in [-0.39, 0.29) is 17.4 Å². The lowest BCUT2D eigenvalue weighted by molar-refractivity contribution is -0.728. The summed E-state index contributed by atoms with van der Waals surface area (Å²) in [5, 5.41) is 4.25. The average molecular weight is 383 g/mol. The van der Waals surface area contributed by atoms with Crippen molar-refractivity contribution in [1.82, 2.24) is 5.32 Å². The van der Waals surface area contributed by atoms with Crippen molar-refractivity contribution in [3.05, 3.63) is 71.3 Å². The van der Waals surface area contributed by atoms with Gasteiger partial charge in [0.05, 0.1) is 0 Å². The van der Waals surface area contributed by atoms with Crippen LogP contribution in [0.25, 0.3) is 0 Å². The first-order chi connectivity index (χ1) is 13.1. The number of primary amides is 1. The van der Waals surface area contributed by atoms with Crippen molar-refractivity contribution < 1.29 is 14.9 Å². The Kier molecular flexibility index (Phi) is 6.97. The first kappa shape index (κ1) is 21.6. The third-order valence-electron chi connectivity index (χ3n) is 4.97. The molecule has 0 aliphatic rings. The van der Waals surface area contributed by atoms with Crippen molar-refractivity contribution in [2.45, 2.75) is 52.1 Å². The Morgan fingerprint density at radius 2 is 1.50 bits per heavy atom. The zero-order chi connectivity index (χ0) is 20.9. The second-order valence-corrected chi connectivity index (χ2v) is 8.58. The molecular formula is C23H32N3O2+. The number of carbonyl (C=O) groups excluding carboxylic acids is 2. The highest BCUT2D eigenvalue weighted by Crippen LogP contribution is 2.26. The summed E-state index contributed by atoms with van der Waals surface area (Å²) in [6.45, 7) is 10.8. The number of hydrogen-bond acceptors (Lipinski definition) is 2. The SMILES string of the molecule is CC(C)[C@@H]([NH2+][C@@H](C(=O)NC(N)=O)c1ccccc1)c1ccc(C(C)(C)C)cc1. The second kappa shape index (κ2) is 9.02. The molecule has 0 bridgehead atoms. The van der Waals surface area contributed by atoms with E-state index in [2.05, 4.69) is 64.2 Å². The first-order valence-electron chi connectivity index (χ1n) is 9.70. The number of nitrogens with one attached hydrogen (secondary N) is 1. The van der Waals surface area contributed by atoms with Crippen LogP contribution in [0.3, 0.4) is 0 Å². The molecule has 2 aromatic rings. The Hall–Kier alpha value is -2.66. The number of urea groups is 1. The van der Waals surface area contributed by atoms with Gasteiger partial charge in [0.25, 0.3) is 5.91 Å². The molecule has 0 spiro atoms. The standard InChI is InChI=1S/C23H31N3O2/c1-15(2)19(17-11-13-18(14-12-17)23(3,4)5)25-20(21(27)26-22(24)28)16-9-7-6-8-10-16/h6-15,19-20,25H,1-5H3,(H3,24,26,27,28)/p+1/t19-,20-/m1/s1. The fourth-order valence-corrected chi connectivity index (χ4v) is 3.34. The van der Waals surface area contributed by atoms with E-state index < -0.39 is 18.0 Å². The molecule has 5 heteroatoms. The number of quaternary nitrogens is 1. The lowest BCUT2D eigenvalue weighted by Gasteiger charge is -2.26. The molecule has 0 aliphatic heterocycles. The van der Waals surface area contributed by atoms with Crippen molar-refractivity contribution >= 4 is 11.9 Å². The van der Waals surface area contributed by atoms with E-state index in [1.807, 2.05) is 35.6 Å². The highest BCUT2D eigenvalue weighted by atomic mass is 16.2. The van der Waals surface area contributed by atoms with Crippen LogP contribution in [0.5, 0.6) is 0 Å². The molecule has 0 aliphatic carbocycles. The molecule has 3 amide bonds. The number of amides is 3. The molecule has 0 saturated heterocycles. The minimum absolute atomic E-state index is 0.0536. The summed E-state index contributed by atoms with van der Waals surface area (Å²) in [6.07, 6.45) is 0. The third kappa shape index (κ3) is 5.67. The van der Waals surface area contributed by atoms with Crippen molar-refractivity contribution in [3.8, 4) is 0 Å². The fourth-order valence-electron chi connectivity index (χ4n) is 3.34. The average Bonchev–Trinajstić information content (AvgIpc) is 2.61. The fraction of sp³-hybridized carbons (Fsp3) is 0.391. The Labute approximate surface area is 167 Å². The number of benzene rings is 2. The van der Waals surface area contributed by atoms with Gasteiger partial charge in [0, 0.05) is 17.0 Å². The van der Waals surface area contributed by atoms with E-state index in [1.54, 1.807) is 0 Å². The topological polar surface area (TPSA) is 88.8 Å². The largest absolute Gasteiger partial charge is 0.351 e. The van der Waals surface area contributed by atoms with Gasteiger partial charge in [0.1, 0.15) is 6.04 Å². The van der Waals surface area contributed by atoms with Crippen molar-refractivity contribution in [3.63, 3.8) is 0 Å². The molecule has 0 saturated carbocycles. The molecule has 0 fully saturated rings. The van der Waals surface area contributed by atoms with Crippen LogP contribution in [-0.4, -0.2) is 11.9 Å². The van der Waals surface area contributed by atoms with Crippen LogP contribution in [0.15, 0.2) is 54.6 Å². The monoisotopic (exact) mass is 382 g/mol. The normalized spacial score (nSPS) is 13.8. The zero-order valence-corrected chi connectivity index (χ0v) is 17.4. The molecule has 2 rings (SSSR count). The van der Waals surface area contributed by atoms with Crippen molar-refractivity contribution in [2.75, 3.05) is 0 Å². The molecule has 150 valence electrons. The highest BCUT2D eigenvalue weighted by molar-refractivity contribution is 5.96. The third-order valence-corrected chi connectivity index (χ3v) is 4.97. The maximum Gasteiger partial charge on any atom is 0.319 e. The minimum atomic E-state index is -0.838. The number of carbonyl (C=O) groups is 2. The van der Waals surface area contributed by atoms with E-state index in [1.165, 1.54) is 5.56 Å². The summed E-state index contributed by atoms with van der Waals surface area (Å²) in [5.74, 6) is -0.122. The van der Waals surface area contributed by atoms with E-state index in [9.17, 15) is 9.59 Å². The van der Waals surface area contributed by atoms with Crippen LogP contribution in [0, 0.1) is 5.92 Å². The number of imide groups is 1. The zero-order valence-electron chi connectivity index (χ0n) is 17.4. The quantitative estimate of drug-likeness (QED) is 0.716. The maximum atomic E-state index is 12.7. The number of nitrogens with two attached hydrogens (primary N) is 2. The van der Waals surface area contributed by atoms with Gasteiger partial charge in [-0.1, -0.05) is 89.2 Å². The summed E-state index contributed by atoms with van der Waals surface area (Å²) >= 11 is 0. The van der Waals surface area contributed by atoms with Crippen LogP contribution < -0.4 is 16.4 Å². The minimum Gasteiger partial charge on any atom is -0.351 e. The van der Waals surface area contributed by atoms with Crippen LogP contribution in [0.1, 0.15) is 63.4 Å². The summed E-state index contributed by atoms with van der Waals surface area (Å²) in [6, 6.07) is 16.7. The summed E-state index contributed by atoms with van der Waals surface area (Å²) in [4.78, 5) is 23.9. The molecule has 5 nitrogen and oxygen atoms in total. The molecule has 5 N–H and O–H groups in total. The Morgan fingerprint density at radius 1 is 0.929 bits per heavy atom. The molecule has 0 aromatic heterocycles. The van der Waals surface area contributed by atoms with Gasteiger partial charge in [-0.3, -0.25) is 10.1 Å². The van der Waals surface area contributed by atoms with E-state index >= 15 is 0 Å². The number of rotatable bonds is 6. The predicted molar refractivity (Wildman–Crippen MR) is 112 cm³/mol.